The summed E-state index contributed by atoms with van der Waals surface area (Å²) < 4.78 is 8.39. The lowest BCUT2D eigenvalue weighted by molar-refractivity contribution is 0.0945. The van der Waals surface area contributed by atoms with Crippen LogP contribution in [0.25, 0.3) is 32.9 Å². The van der Waals surface area contributed by atoms with E-state index in [4.69, 9.17) is 14.8 Å². The van der Waals surface area contributed by atoms with E-state index in [-0.39, 0.29) is 25.7 Å². The van der Waals surface area contributed by atoms with Gasteiger partial charge >= 0.3 is 0 Å². The zero-order valence-corrected chi connectivity index (χ0v) is 22.0. The first-order valence-corrected chi connectivity index (χ1v) is 13.3. The summed E-state index contributed by atoms with van der Waals surface area (Å²) in [5.41, 5.74) is 5.59. The van der Waals surface area contributed by atoms with Crippen LogP contribution >= 0.6 is 0 Å². The topological polar surface area (TPSA) is 76.4 Å². The number of benzene rings is 5. The van der Waals surface area contributed by atoms with E-state index in [1.54, 1.807) is 12.1 Å². The summed E-state index contributed by atoms with van der Waals surface area (Å²) in [7, 11) is 0. The molecule has 6 aromatic rings. The normalized spacial score (nSPS) is 11.1. The van der Waals surface area contributed by atoms with E-state index in [2.05, 4.69) is 64.5 Å². The molecule has 0 bridgehead atoms. The van der Waals surface area contributed by atoms with E-state index in [0.717, 1.165) is 39.0 Å². The number of hydrogen-bond acceptors (Lipinski definition) is 4. The van der Waals surface area contributed by atoms with Gasteiger partial charge in [-0.05, 0) is 63.9 Å². The smallest absolute Gasteiger partial charge is 0.251 e. The maximum Gasteiger partial charge on any atom is 0.251 e. The van der Waals surface area contributed by atoms with Gasteiger partial charge in [-0.25, -0.2) is 4.98 Å². The largest absolute Gasteiger partial charge is 0.486 e. The summed E-state index contributed by atoms with van der Waals surface area (Å²) in [4.78, 5) is 17.4. The van der Waals surface area contributed by atoms with E-state index < -0.39 is 0 Å². The van der Waals surface area contributed by atoms with E-state index in [9.17, 15) is 4.79 Å². The van der Waals surface area contributed by atoms with Crippen LogP contribution in [0.2, 0.25) is 0 Å². The minimum Gasteiger partial charge on any atom is -0.486 e. The van der Waals surface area contributed by atoms with Gasteiger partial charge in [-0.2, -0.15) is 0 Å². The Labute approximate surface area is 232 Å². The van der Waals surface area contributed by atoms with Gasteiger partial charge in [0.15, 0.2) is 0 Å². The van der Waals surface area contributed by atoms with Crippen molar-refractivity contribution in [3.8, 4) is 16.9 Å². The van der Waals surface area contributed by atoms with Crippen molar-refractivity contribution in [2.45, 2.75) is 13.2 Å². The number of amides is 1. The van der Waals surface area contributed by atoms with Gasteiger partial charge < -0.3 is 19.7 Å². The molecule has 1 aromatic heterocycles. The lowest BCUT2D eigenvalue weighted by Crippen LogP contribution is -2.26. The highest BCUT2D eigenvalue weighted by molar-refractivity contribution is 5.97. The fraction of sp³-hybridized carbons (Fsp3) is 0.118. The lowest BCUT2D eigenvalue weighted by atomic mass is 10.0. The van der Waals surface area contributed by atoms with Gasteiger partial charge in [-0.1, -0.05) is 78.9 Å². The second kappa shape index (κ2) is 11.4. The standard InChI is InChI=1S/C34H29N3O3/c38-18-17-35-34(39)29-14-16-32-31(21-29)36-33(23-40-30-15-13-26-10-4-5-11-28(26)20-30)37(32)22-24-7-6-12-27(19-24)25-8-2-1-3-9-25/h1-16,19-21,38H,17-18,22-23H2,(H,35,39). The molecule has 0 saturated heterocycles. The molecule has 0 saturated carbocycles. The zero-order chi connectivity index (χ0) is 27.3. The average Bonchev–Trinajstić information content (AvgIpc) is 3.35. The summed E-state index contributed by atoms with van der Waals surface area (Å²) >= 11 is 0. The third kappa shape index (κ3) is 5.44. The van der Waals surface area contributed by atoms with Crippen LogP contribution in [0.3, 0.4) is 0 Å². The Balaban J connectivity index is 1.34. The highest BCUT2D eigenvalue weighted by atomic mass is 16.5. The number of fused-ring (bicyclic) bond motifs is 2. The Morgan fingerprint density at radius 3 is 2.45 bits per heavy atom. The van der Waals surface area contributed by atoms with Gasteiger partial charge in [-0.3, -0.25) is 4.79 Å². The molecule has 5 aromatic carbocycles. The molecule has 198 valence electrons. The molecule has 40 heavy (non-hydrogen) atoms. The molecule has 1 heterocycles. The summed E-state index contributed by atoms with van der Waals surface area (Å²) in [6.45, 7) is 0.968. The maximum atomic E-state index is 12.5. The van der Waals surface area contributed by atoms with E-state index >= 15 is 0 Å². The first-order chi connectivity index (χ1) is 19.7. The second-order valence-corrected chi connectivity index (χ2v) is 9.66. The van der Waals surface area contributed by atoms with E-state index in [1.165, 1.54) is 5.56 Å². The van der Waals surface area contributed by atoms with Crippen LogP contribution in [0.4, 0.5) is 0 Å². The Morgan fingerprint density at radius 2 is 1.60 bits per heavy atom. The number of carbonyl (C=O) groups excluding carboxylic acids is 1. The van der Waals surface area contributed by atoms with Crippen molar-refractivity contribution in [3.05, 3.63) is 132 Å². The second-order valence-electron chi connectivity index (χ2n) is 9.66. The van der Waals surface area contributed by atoms with Crippen molar-refractivity contribution in [2.24, 2.45) is 0 Å². The van der Waals surface area contributed by atoms with Crippen molar-refractivity contribution >= 4 is 27.7 Å². The third-order valence-electron chi connectivity index (χ3n) is 6.95. The minimum absolute atomic E-state index is 0.110. The Hall–Kier alpha value is -4.94. The van der Waals surface area contributed by atoms with Crippen LogP contribution < -0.4 is 10.1 Å². The van der Waals surface area contributed by atoms with Crippen LogP contribution in [0.15, 0.2) is 115 Å². The lowest BCUT2D eigenvalue weighted by Gasteiger charge is -2.12. The molecular weight excluding hydrogens is 498 g/mol. The zero-order valence-electron chi connectivity index (χ0n) is 22.0. The highest BCUT2D eigenvalue weighted by Gasteiger charge is 2.15. The molecular formula is C34H29N3O3. The molecule has 0 spiro atoms. The number of aliphatic hydroxyl groups is 1. The summed E-state index contributed by atoms with van der Waals surface area (Å²) in [6, 6.07) is 38.6. The van der Waals surface area contributed by atoms with Gasteiger partial charge in [0.25, 0.3) is 5.91 Å². The van der Waals surface area contributed by atoms with Crippen LogP contribution in [0.5, 0.6) is 5.75 Å². The molecule has 2 N–H and O–H groups in total. The Morgan fingerprint density at radius 1 is 0.800 bits per heavy atom. The monoisotopic (exact) mass is 527 g/mol. The number of nitrogens with one attached hydrogen (secondary N) is 1. The fourth-order valence-corrected chi connectivity index (χ4v) is 4.95. The highest BCUT2D eigenvalue weighted by Crippen LogP contribution is 2.26. The van der Waals surface area contributed by atoms with E-state index in [1.807, 2.05) is 48.5 Å². The van der Waals surface area contributed by atoms with Gasteiger partial charge in [0.1, 0.15) is 18.2 Å². The predicted molar refractivity (Wildman–Crippen MR) is 158 cm³/mol. The number of rotatable bonds is 9. The predicted octanol–water partition coefficient (Wildman–Crippen LogP) is 6.21. The summed E-state index contributed by atoms with van der Waals surface area (Å²) in [5.74, 6) is 1.30. The van der Waals surface area contributed by atoms with Crippen molar-refractivity contribution in [3.63, 3.8) is 0 Å². The van der Waals surface area contributed by atoms with Gasteiger partial charge in [0.2, 0.25) is 0 Å². The van der Waals surface area contributed by atoms with E-state index in [0.29, 0.717) is 17.6 Å². The number of aliphatic hydroxyl groups excluding tert-OH is 1. The summed E-state index contributed by atoms with van der Waals surface area (Å²) in [5, 5.41) is 14.1. The Bertz CT molecular complexity index is 1790. The maximum absolute atomic E-state index is 12.5. The first-order valence-electron chi connectivity index (χ1n) is 13.3. The molecule has 0 unspecified atom stereocenters. The van der Waals surface area contributed by atoms with Crippen LogP contribution in [0.1, 0.15) is 21.7 Å². The van der Waals surface area contributed by atoms with Crippen molar-refractivity contribution in [1.29, 1.82) is 0 Å². The molecule has 6 nitrogen and oxygen atoms in total. The number of ether oxygens (including phenoxy) is 1. The number of nitrogens with zero attached hydrogens (tertiary/aromatic N) is 2. The molecule has 0 aliphatic rings. The fourth-order valence-electron chi connectivity index (χ4n) is 4.95. The minimum atomic E-state index is -0.241. The first kappa shape index (κ1) is 25.3. The molecule has 0 fully saturated rings. The van der Waals surface area contributed by atoms with Crippen molar-refractivity contribution in [2.75, 3.05) is 13.2 Å². The third-order valence-corrected chi connectivity index (χ3v) is 6.95. The Kier molecular flexibility index (Phi) is 7.24. The van der Waals surface area contributed by atoms with Crippen LogP contribution in [-0.4, -0.2) is 33.7 Å². The quantitative estimate of drug-likeness (QED) is 0.235. The molecule has 6 heteroatoms. The van der Waals surface area contributed by atoms with Gasteiger partial charge in [0.05, 0.1) is 17.6 Å². The van der Waals surface area contributed by atoms with Gasteiger partial charge in [0, 0.05) is 18.7 Å². The molecule has 0 radical (unpaired) electrons. The molecule has 0 aliphatic carbocycles. The average molecular weight is 528 g/mol. The van der Waals surface area contributed by atoms with Crippen molar-refractivity contribution in [1.82, 2.24) is 14.9 Å². The number of carbonyl (C=O) groups is 1. The van der Waals surface area contributed by atoms with Crippen molar-refractivity contribution < 1.29 is 14.6 Å². The molecule has 6 rings (SSSR count). The number of aromatic nitrogens is 2. The summed E-state index contributed by atoms with van der Waals surface area (Å²) in [6.07, 6.45) is 0. The number of imidazole rings is 1. The van der Waals surface area contributed by atoms with Crippen LogP contribution in [0, 0.1) is 0 Å². The molecule has 0 atom stereocenters. The van der Waals surface area contributed by atoms with Crippen LogP contribution in [-0.2, 0) is 13.2 Å². The van der Waals surface area contributed by atoms with Gasteiger partial charge in [-0.15, -0.1) is 0 Å². The SMILES string of the molecule is O=C(NCCO)c1ccc2c(c1)nc(COc1ccc3ccccc3c1)n2Cc1cccc(-c2ccccc2)c1. The number of hydrogen-bond donors (Lipinski definition) is 2. The molecule has 0 aliphatic heterocycles. The molecule has 1 amide bonds.